The van der Waals surface area contributed by atoms with E-state index in [0.717, 1.165) is 13.0 Å². The van der Waals surface area contributed by atoms with Gasteiger partial charge in [0.2, 0.25) is 5.91 Å². The molecule has 0 aliphatic heterocycles. The summed E-state index contributed by atoms with van der Waals surface area (Å²) in [5.41, 5.74) is 5.36. The zero-order valence-corrected chi connectivity index (χ0v) is 8.13. The van der Waals surface area contributed by atoms with E-state index in [1.165, 1.54) is 0 Å². The van der Waals surface area contributed by atoms with Gasteiger partial charge in [-0.25, -0.2) is 0 Å². The second-order valence-electron chi connectivity index (χ2n) is 2.91. The van der Waals surface area contributed by atoms with Gasteiger partial charge in [-0.15, -0.1) is 0 Å². The van der Waals surface area contributed by atoms with Crippen molar-refractivity contribution < 1.29 is 4.79 Å². The third kappa shape index (κ3) is 3.69. The first-order valence-electron chi connectivity index (χ1n) is 4.25. The van der Waals surface area contributed by atoms with Crippen molar-refractivity contribution in [1.29, 1.82) is 0 Å². The van der Waals surface area contributed by atoms with E-state index >= 15 is 0 Å². The number of rotatable bonds is 5. The van der Waals surface area contributed by atoms with Gasteiger partial charge in [-0.2, -0.15) is 0 Å². The van der Waals surface area contributed by atoms with Crippen LogP contribution in [-0.2, 0) is 4.79 Å². The number of hydrogen-bond acceptors (Lipinski definition) is 3. The summed E-state index contributed by atoms with van der Waals surface area (Å²) in [4.78, 5) is 13.1. The van der Waals surface area contributed by atoms with Crippen molar-refractivity contribution in [3.8, 4) is 0 Å². The van der Waals surface area contributed by atoms with Crippen molar-refractivity contribution >= 4 is 5.91 Å². The molecule has 1 atom stereocenters. The third-order valence-electron chi connectivity index (χ3n) is 2.00. The van der Waals surface area contributed by atoms with Gasteiger partial charge in [-0.3, -0.25) is 9.69 Å². The molecule has 0 heterocycles. The number of likely N-dealkylation sites (N-methyl/N-ethyl adjacent to an activating group) is 2. The van der Waals surface area contributed by atoms with E-state index in [1.807, 2.05) is 18.9 Å². The van der Waals surface area contributed by atoms with E-state index in [4.69, 9.17) is 5.73 Å². The molecule has 0 fully saturated rings. The second kappa shape index (κ2) is 5.97. The number of amides is 1. The molecule has 0 aromatic heterocycles. The number of hydrogen-bond donors (Lipinski definition) is 2. The molecule has 12 heavy (non-hydrogen) atoms. The summed E-state index contributed by atoms with van der Waals surface area (Å²) in [5, 5.41) is 2.61. The van der Waals surface area contributed by atoms with Gasteiger partial charge in [0.1, 0.15) is 0 Å². The number of carbonyl (C=O) groups is 1. The van der Waals surface area contributed by atoms with Gasteiger partial charge >= 0.3 is 0 Å². The van der Waals surface area contributed by atoms with Crippen LogP contribution in [0, 0.1) is 0 Å². The number of nitrogens with one attached hydrogen (secondary N) is 1. The van der Waals surface area contributed by atoms with Crippen molar-refractivity contribution in [3.05, 3.63) is 0 Å². The highest BCUT2D eigenvalue weighted by atomic mass is 16.2. The van der Waals surface area contributed by atoms with Crippen molar-refractivity contribution in [2.75, 3.05) is 27.2 Å². The maximum Gasteiger partial charge on any atom is 0.236 e. The fraction of sp³-hybridized carbons (Fsp3) is 0.875. The zero-order valence-electron chi connectivity index (χ0n) is 8.13. The van der Waals surface area contributed by atoms with Crippen molar-refractivity contribution in [1.82, 2.24) is 10.2 Å². The summed E-state index contributed by atoms with van der Waals surface area (Å²) in [7, 11) is 3.57. The zero-order chi connectivity index (χ0) is 9.56. The van der Waals surface area contributed by atoms with Gasteiger partial charge in [-0.1, -0.05) is 0 Å². The number of nitrogens with zero attached hydrogens (tertiary/aromatic N) is 1. The minimum Gasteiger partial charge on any atom is -0.358 e. The van der Waals surface area contributed by atoms with Crippen LogP contribution in [-0.4, -0.2) is 44.0 Å². The Kier molecular flexibility index (Phi) is 5.66. The van der Waals surface area contributed by atoms with E-state index in [9.17, 15) is 4.79 Å². The predicted molar refractivity (Wildman–Crippen MR) is 49.8 cm³/mol. The molecule has 0 rings (SSSR count). The Labute approximate surface area is 74.1 Å². The molecule has 0 aromatic rings. The van der Waals surface area contributed by atoms with E-state index in [-0.39, 0.29) is 11.9 Å². The van der Waals surface area contributed by atoms with E-state index in [0.29, 0.717) is 6.54 Å². The third-order valence-corrected chi connectivity index (χ3v) is 2.00. The maximum absolute atomic E-state index is 11.1. The minimum absolute atomic E-state index is 0.0505. The van der Waals surface area contributed by atoms with E-state index in [2.05, 4.69) is 5.32 Å². The normalized spacial score (nSPS) is 13.1. The summed E-state index contributed by atoms with van der Waals surface area (Å²) < 4.78 is 0. The van der Waals surface area contributed by atoms with Crippen LogP contribution in [0.3, 0.4) is 0 Å². The molecule has 0 aliphatic carbocycles. The highest BCUT2D eigenvalue weighted by Crippen LogP contribution is 1.95. The summed E-state index contributed by atoms with van der Waals surface area (Å²) >= 11 is 0. The quantitative estimate of drug-likeness (QED) is 0.584. The first-order valence-corrected chi connectivity index (χ1v) is 4.25. The smallest absolute Gasteiger partial charge is 0.236 e. The Bertz CT molecular complexity index is 138. The average molecular weight is 173 g/mol. The van der Waals surface area contributed by atoms with Gasteiger partial charge in [0.25, 0.3) is 0 Å². The van der Waals surface area contributed by atoms with Gasteiger partial charge in [0.15, 0.2) is 0 Å². The Morgan fingerprint density at radius 2 is 2.25 bits per heavy atom. The maximum atomic E-state index is 11.1. The first kappa shape index (κ1) is 11.4. The topological polar surface area (TPSA) is 58.4 Å². The van der Waals surface area contributed by atoms with Crippen molar-refractivity contribution in [2.45, 2.75) is 19.4 Å². The SMILES string of the molecule is CNC(=O)C(C)N(C)CCCN. The Morgan fingerprint density at radius 1 is 1.67 bits per heavy atom. The fourth-order valence-electron chi connectivity index (χ4n) is 0.943. The van der Waals surface area contributed by atoms with Crippen LogP contribution in [0.25, 0.3) is 0 Å². The Morgan fingerprint density at radius 3 is 2.67 bits per heavy atom. The molecule has 1 amide bonds. The first-order chi connectivity index (χ1) is 5.63. The van der Waals surface area contributed by atoms with Gasteiger partial charge in [0, 0.05) is 7.05 Å². The molecule has 0 spiro atoms. The van der Waals surface area contributed by atoms with Crippen LogP contribution in [0.5, 0.6) is 0 Å². The lowest BCUT2D eigenvalue weighted by Gasteiger charge is -2.22. The van der Waals surface area contributed by atoms with Gasteiger partial charge < -0.3 is 11.1 Å². The molecule has 0 aliphatic rings. The molecule has 72 valence electrons. The van der Waals surface area contributed by atoms with Crippen LogP contribution in [0.15, 0.2) is 0 Å². The molecule has 4 heteroatoms. The summed E-state index contributed by atoms with van der Waals surface area (Å²) in [5.74, 6) is 0.0505. The van der Waals surface area contributed by atoms with Crippen LogP contribution in [0.2, 0.25) is 0 Å². The Balaban J connectivity index is 3.75. The summed E-state index contributed by atoms with van der Waals surface area (Å²) in [6.07, 6.45) is 0.928. The van der Waals surface area contributed by atoms with Crippen LogP contribution < -0.4 is 11.1 Å². The van der Waals surface area contributed by atoms with Crippen LogP contribution >= 0.6 is 0 Å². The lowest BCUT2D eigenvalue weighted by Crippen LogP contribution is -2.42. The Hall–Kier alpha value is -0.610. The summed E-state index contributed by atoms with van der Waals surface area (Å²) in [6.45, 7) is 3.42. The fourth-order valence-corrected chi connectivity index (χ4v) is 0.943. The molecular formula is C8H19N3O. The standard InChI is InChI=1S/C8H19N3O/c1-7(8(12)10-2)11(3)6-4-5-9/h7H,4-6,9H2,1-3H3,(H,10,12). The van der Waals surface area contributed by atoms with Crippen LogP contribution in [0.4, 0.5) is 0 Å². The molecule has 3 N–H and O–H groups in total. The van der Waals surface area contributed by atoms with E-state index < -0.39 is 0 Å². The highest BCUT2D eigenvalue weighted by molar-refractivity contribution is 5.80. The highest BCUT2D eigenvalue weighted by Gasteiger charge is 2.15. The number of carbonyl (C=O) groups excluding carboxylic acids is 1. The molecule has 0 bridgehead atoms. The number of nitrogens with two attached hydrogens (primary N) is 1. The molecule has 0 radical (unpaired) electrons. The molecule has 0 saturated heterocycles. The molecular weight excluding hydrogens is 154 g/mol. The van der Waals surface area contributed by atoms with Crippen molar-refractivity contribution in [2.24, 2.45) is 5.73 Å². The minimum atomic E-state index is -0.0680. The predicted octanol–water partition coefficient (Wildman–Crippen LogP) is -0.598. The average Bonchev–Trinajstić information content (AvgIpc) is 2.11. The molecule has 1 unspecified atom stereocenters. The lowest BCUT2D eigenvalue weighted by molar-refractivity contribution is -0.124. The van der Waals surface area contributed by atoms with Gasteiger partial charge in [0.05, 0.1) is 6.04 Å². The monoisotopic (exact) mass is 173 g/mol. The lowest BCUT2D eigenvalue weighted by atomic mass is 10.2. The second-order valence-corrected chi connectivity index (χ2v) is 2.91. The van der Waals surface area contributed by atoms with E-state index in [1.54, 1.807) is 7.05 Å². The molecule has 0 aromatic carbocycles. The molecule has 0 saturated carbocycles. The van der Waals surface area contributed by atoms with Crippen LogP contribution in [0.1, 0.15) is 13.3 Å². The molecule has 4 nitrogen and oxygen atoms in total. The van der Waals surface area contributed by atoms with Gasteiger partial charge in [-0.05, 0) is 33.5 Å². The largest absolute Gasteiger partial charge is 0.358 e. The van der Waals surface area contributed by atoms with Crippen molar-refractivity contribution in [3.63, 3.8) is 0 Å². The summed E-state index contributed by atoms with van der Waals surface area (Å²) in [6, 6.07) is -0.0680.